The van der Waals surface area contributed by atoms with Crippen LogP contribution in [0.1, 0.15) is 38.7 Å². The summed E-state index contributed by atoms with van der Waals surface area (Å²) in [5.74, 6) is 1.04. The number of hydrogen-bond acceptors (Lipinski definition) is 2. The zero-order valence-corrected chi connectivity index (χ0v) is 15.3. The average Bonchev–Trinajstić information content (AvgIpc) is 2.97. The maximum absolute atomic E-state index is 5.64. The molecule has 0 atom stereocenters. The van der Waals surface area contributed by atoms with Crippen LogP contribution < -0.4 is 5.32 Å². The molecule has 2 aliphatic rings. The van der Waals surface area contributed by atoms with Gasteiger partial charge in [-0.15, -0.1) is 0 Å². The molecule has 132 valence electrons. The number of rotatable bonds is 3. The summed E-state index contributed by atoms with van der Waals surface area (Å²) in [6, 6.07) is 10.9. The van der Waals surface area contributed by atoms with Crippen LogP contribution in [0.5, 0.6) is 0 Å². The van der Waals surface area contributed by atoms with Gasteiger partial charge in [0.25, 0.3) is 0 Å². The van der Waals surface area contributed by atoms with Crippen LogP contribution in [0.3, 0.4) is 0 Å². The highest BCUT2D eigenvalue weighted by Gasteiger charge is 2.36. The van der Waals surface area contributed by atoms with E-state index in [1.165, 1.54) is 12.0 Å². The molecule has 0 aromatic heterocycles. The van der Waals surface area contributed by atoms with E-state index in [0.717, 1.165) is 51.6 Å². The minimum Gasteiger partial charge on any atom is -0.381 e. The standard InChI is InChI=1S/C20H31N3O/c1-19(2)9-12-23(16-19)18(21-3)22-15-20(10-13-24-14-11-20)17-7-5-4-6-8-17/h4-8H,9-16H2,1-3H3,(H,21,22). The maximum Gasteiger partial charge on any atom is 0.193 e. The maximum atomic E-state index is 5.64. The molecule has 2 aliphatic heterocycles. The summed E-state index contributed by atoms with van der Waals surface area (Å²) < 4.78 is 5.64. The van der Waals surface area contributed by atoms with Crippen molar-refractivity contribution in [1.82, 2.24) is 10.2 Å². The third-order valence-corrected chi connectivity index (χ3v) is 5.61. The van der Waals surface area contributed by atoms with Crippen LogP contribution in [0.15, 0.2) is 35.3 Å². The molecule has 0 spiro atoms. The molecular weight excluding hydrogens is 298 g/mol. The number of guanidine groups is 1. The number of nitrogens with zero attached hydrogens (tertiary/aromatic N) is 2. The van der Waals surface area contributed by atoms with E-state index in [1.807, 2.05) is 7.05 Å². The molecule has 4 nitrogen and oxygen atoms in total. The van der Waals surface area contributed by atoms with Crippen LogP contribution in [-0.2, 0) is 10.2 Å². The average molecular weight is 329 g/mol. The number of ether oxygens (including phenoxy) is 1. The number of benzene rings is 1. The van der Waals surface area contributed by atoms with Crippen LogP contribution in [0.2, 0.25) is 0 Å². The van der Waals surface area contributed by atoms with E-state index >= 15 is 0 Å². The zero-order valence-electron chi connectivity index (χ0n) is 15.3. The first-order valence-corrected chi connectivity index (χ1v) is 9.14. The van der Waals surface area contributed by atoms with Crippen molar-refractivity contribution in [3.8, 4) is 0 Å². The van der Waals surface area contributed by atoms with E-state index in [-0.39, 0.29) is 5.41 Å². The van der Waals surface area contributed by atoms with E-state index in [1.54, 1.807) is 0 Å². The monoisotopic (exact) mass is 329 g/mol. The molecular formula is C20H31N3O. The third-order valence-electron chi connectivity index (χ3n) is 5.61. The highest BCUT2D eigenvalue weighted by Crippen LogP contribution is 2.34. The van der Waals surface area contributed by atoms with Gasteiger partial charge >= 0.3 is 0 Å². The van der Waals surface area contributed by atoms with Gasteiger partial charge in [0.15, 0.2) is 5.96 Å². The molecule has 0 amide bonds. The second kappa shape index (κ2) is 7.14. The Bertz CT molecular complexity index is 562. The van der Waals surface area contributed by atoms with Crippen molar-refractivity contribution in [3.05, 3.63) is 35.9 Å². The van der Waals surface area contributed by atoms with E-state index in [2.05, 4.69) is 59.4 Å². The molecule has 1 aromatic carbocycles. The number of nitrogens with one attached hydrogen (secondary N) is 1. The van der Waals surface area contributed by atoms with Crippen LogP contribution in [0.25, 0.3) is 0 Å². The molecule has 2 heterocycles. The molecule has 0 bridgehead atoms. The number of aliphatic imine (C=N–C) groups is 1. The predicted molar refractivity (Wildman–Crippen MR) is 99.5 cm³/mol. The molecule has 1 N–H and O–H groups in total. The van der Waals surface area contributed by atoms with Gasteiger partial charge in [-0.05, 0) is 30.2 Å². The molecule has 4 heteroatoms. The van der Waals surface area contributed by atoms with Gasteiger partial charge in [-0.1, -0.05) is 44.2 Å². The summed E-state index contributed by atoms with van der Waals surface area (Å²) in [5, 5.41) is 3.68. The molecule has 2 fully saturated rings. The van der Waals surface area contributed by atoms with Gasteiger partial charge in [0.1, 0.15) is 0 Å². The first kappa shape index (κ1) is 17.3. The van der Waals surface area contributed by atoms with Crippen LogP contribution >= 0.6 is 0 Å². The lowest BCUT2D eigenvalue weighted by Crippen LogP contribution is -2.49. The Morgan fingerprint density at radius 1 is 1.17 bits per heavy atom. The van der Waals surface area contributed by atoms with Crippen LogP contribution in [0, 0.1) is 5.41 Å². The van der Waals surface area contributed by atoms with Gasteiger partial charge in [-0.25, -0.2) is 0 Å². The Labute approximate surface area is 146 Å². The molecule has 0 aliphatic carbocycles. The number of likely N-dealkylation sites (tertiary alicyclic amines) is 1. The lowest BCUT2D eigenvalue weighted by molar-refractivity contribution is 0.0512. The smallest absolute Gasteiger partial charge is 0.193 e. The van der Waals surface area contributed by atoms with Crippen molar-refractivity contribution in [2.45, 2.75) is 38.5 Å². The Balaban J connectivity index is 1.72. The Hall–Kier alpha value is -1.55. The van der Waals surface area contributed by atoms with Crippen molar-refractivity contribution >= 4 is 5.96 Å². The van der Waals surface area contributed by atoms with Gasteiger partial charge in [0.05, 0.1) is 0 Å². The SMILES string of the molecule is CN=C(NCC1(c2ccccc2)CCOCC1)N1CCC(C)(C)C1. The van der Waals surface area contributed by atoms with Crippen molar-refractivity contribution in [3.63, 3.8) is 0 Å². The topological polar surface area (TPSA) is 36.9 Å². The molecule has 0 unspecified atom stereocenters. The molecule has 0 radical (unpaired) electrons. The van der Waals surface area contributed by atoms with Gasteiger partial charge < -0.3 is 15.0 Å². The molecule has 24 heavy (non-hydrogen) atoms. The van der Waals surface area contributed by atoms with E-state index in [0.29, 0.717) is 5.41 Å². The van der Waals surface area contributed by atoms with Gasteiger partial charge in [-0.2, -0.15) is 0 Å². The molecule has 0 saturated carbocycles. The summed E-state index contributed by atoms with van der Waals surface area (Å²) in [6.07, 6.45) is 3.35. The summed E-state index contributed by atoms with van der Waals surface area (Å²) in [7, 11) is 1.90. The predicted octanol–water partition coefficient (Wildman–Crippen LogP) is 3.04. The summed E-state index contributed by atoms with van der Waals surface area (Å²) in [4.78, 5) is 6.95. The summed E-state index contributed by atoms with van der Waals surface area (Å²) >= 11 is 0. The summed E-state index contributed by atoms with van der Waals surface area (Å²) in [6.45, 7) is 9.44. The minimum absolute atomic E-state index is 0.144. The van der Waals surface area contributed by atoms with Gasteiger partial charge in [0.2, 0.25) is 0 Å². The quantitative estimate of drug-likeness (QED) is 0.684. The van der Waals surface area contributed by atoms with Crippen molar-refractivity contribution < 1.29 is 4.74 Å². The first-order valence-electron chi connectivity index (χ1n) is 9.14. The minimum atomic E-state index is 0.144. The van der Waals surface area contributed by atoms with E-state index in [9.17, 15) is 0 Å². The fraction of sp³-hybridized carbons (Fsp3) is 0.650. The fourth-order valence-electron chi connectivity index (χ4n) is 4.00. The third kappa shape index (κ3) is 3.75. The van der Waals surface area contributed by atoms with Crippen molar-refractivity contribution in [2.75, 3.05) is 39.9 Å². The molecule has 3 rings (SSSR count). The number of hydrogen-bond donors (Lipinski definition) is 1. The Kier molecular flexibility index (Phi) is 5.14. The van der Waals surface area contributed by atoms with Crippen molar-refractivity contribution in [2.24, 2.45) is 10.4 Å². The second-order valence-electron chi connectivity index (χ2n) is 8.00. The Morgan fingerprint density at radius 2 is 1.88 bits per heavy atom. The van der Waals surface area contributed by atoms with Gasteiger partial charge in [0, 0.05) is 45.3 Å². The van der Waals surface area contributed by atoms with Crippen LogP contribution in [0.4, 0.5) is 0 Å². The lowest BCUT2D eigenvalue weighted by atomic mass is 9.74. The first-order chi connectivity index (χ1) is 11.5. The largest absolute Gasteiger partial charge is 0.381 e. The molecule has 1 aromatic rings. The summed E-state index contributed by atoms with van der Waals surface area (Å²) in [5.41, 5.74) is 1.94. The normalized spacial score (nSPS) is 23.3. The second-order valence-corrected chi connectivity index (χ2v) is 8.00. The highest BCUT2D eigenvalue weighted by atomic mass is 16.5. The van der Waals surface area contributed by atoms with Gasteiger partial charge in [-0.3, -0.25) is 4.99 Å². The fourth-order valence-corrected chi connectivity index (χ4v) is 4.00. The van der Waals surface area contributed by atoms with Crippen molar-refractivity contribution in [1.29, 1.82) is 0 Å². The van der Waals surface area contributed by atoms with E-state index < -0.39 is 0 Å². The molecule has 2 saturated heterocycles. The zero-order chi connectivity index (χ0) is 17.0. The Morgan fingerprint density at radius 3 is 2.46 bits per heavy atom. The van der Waals surface area contributed by atoms with Crippen LogP contribution in [-0.4, -0.2) is 50.8 Å². The lowest BCUT2D eigenvalue weighted by Gasteiger charge is -2.39. The highest BCUT2D eigenvalue weighted by molar-refractivity contribution is 5.80. The van der Waals surface area contributed by atoms with E-state index in [4.69, 9.17) is 4.74 Å².